The Morgan fingerprint density at radius 3 is 2.55 bits per heavy atom. The Balaban J connectivity index is 2.05. The molecule has 3 nitrogen and oxygen atoms in total. The van der Waals surface area contributed by atoms with E-state index in [4.69, 9.17) is 5.73 Å². The lowest BCUT2D eigenvalue weighted by Crippen LogP contribution is -2.34. The van der Waals surface area contributed by atoms with Crippen molar-refractivity contribution in [1.29, 1.82) is 0 Å². The van der Waals surface area contributed by atoms with Gasteiger partial charge in [0.25, 0.3) is 0 Å². The number of alkyl halides is 2. The highest BCUT2D eigenvalue weighted by molar-refractivity contribution is 5.31. The maximum atomic E-state index is 12.2. The molecule has 1 aliphatic carbocycles. The predicted molar refractivity (Wildman–Crippen MR) is 72.6 cm³/mol. The lowest BCUT2D eigenvalue weighted by Gasteiger charge is -2.30. The second-order valence-electron chi connectivity index (χ2n) is 5.37. The Hall–Kier alpha value is -1.20. The monoisotopic (exact) mass is 285 g/mol. The van der Waals surface area contributed by atoms with Crippen LogP contribution in [0.25, 0.3) is 0 Å². The van der Waals surface area contributed by atoms with E-state index in [0.717, 1.165) is 25.7 Å². The van der Waals surface area contributed by atoms with Crippen LogP contribution in [0, 0.1) is 5.92 Å². The summed E-state index contributed by atoms with van der Waals surface area (Å²) in [6.07, 6.45) is 4.74. The summed E-state index contributed by atoms with van der Waals surface area (Å²) in [7, 11) is 0. The second kappa shape index (κ2) is 6.99. The third-order valence-electron chi connectivity index (χ3n) is 3.97. The number of halogens is 2. The molecule has 1 fully saturated rings. The molecule has 3 N–H and O–H groups in total. The second-order valence-corrected chi connectivity index (χ2v) is 5.37. The maximum absolute atomic E-state index is 12.2. The van der Waals surface area contributed by atoms with Gasteiger partial charge in [0, 0.05) is 0 Å². The van der Waals surface area contributed by atoms with Gasteiger partial charge in [-0.1, -0.05) is 31.4 Å². The zero-order valence-corrected chi connectivity index (χ0v) is 11.3. The largest absolute Gasteiger partial charge is 0.435 e. The highest BCUT2D eigenvalue weighted by Gasteiger charge is 2.27. The van der Waals surface area contributed by atoms with Crippen LogP contribution < -0.4 is 10.5 Å². The first-order chi connectivity index (χ1) is 9.58. The number of rotatable bonds is 5. The van der Waals surface area contributed by atoms with E-state index in [1.165, 1.54) is 18.6 Å². The molecule has 0 bridgehead atoms. The zero-order valence-electron chi connectivity index (χ0n) is 11.3. The van der Waals surface area contributed by atoms with Crippen LogP contribution >= 0.6 is 0 Å². The van der Waals surface area contributed by atoms with Crippen LogP contribution in [0.3, 0.4) is 0 Å². The standard InChI is InChI=1S/C15H21F2NO2/c16-15(17)20-12-8-4-7-11(9-12)13(18)14(19)10-5-2-1-3-6-10/h4,7-10,13-15,19H,1-3,5-6,18H2/t13-,14+/m1/s1. The van der Waals surface area contributed by atoms with Crippen molar-refractivity contribution < 1.29 is 18.6 Å². The molecule has 2 atom stereocenters. The van der Waals surface area contributed by atoms with Crippen LogP contribution in [0.2, 0.25) is 0 Å². The molecule has 0 radical (unpaired) electrons. The van der Waals surface area contributed by atoms with Gasteiger partial charge in [0.05, 0.1) is 12.1 Å². The first kappa shape index (κ1) is 15.2. The van der Waals surface area contributed by atoms with E-state index in [0.29, 0.717) is 5.56 Å². The molecule has 0 heterocycles. The van der Waals surface area contributed by atoms with Gasteiger partial charge in [-0.2, -0.15) is 8.78 Å². The Kier molecular flexibility index (Phi) is 5.31. The highest BCUT2D eigenvalue weighted by Crippen LogP contribution is 2.32. The number of hydrogen-bond donors (Lipinski definition) is 2. The number of hydrogen-bond acceptors (Lipinski definition) is 3. The molecule has 0 saturated heterocycles. The molecule has 20 heavy (non-hydrogen) atoms. The maximum Gasteiger partial charge on any atom is 0.387 e. The zero-order chi connectivity index (χ0) is 14.5. The van der Waals surface area contributed by atoms with Gasteiger partial charge in [0.2, 0.25) is 0 Å². The first-order valence-electron chi connectivity index (χ1n) is 7.06. The molecule has 1 aromatic carbocycles. The summed E-state index contributed by atoms with van der Waals surface area (Å²) in [5.74, 6) is 0.266. The quantitative estimate of drug-likeness (QED) is 0.873. The average Bonchev–Trinajstić information content (AvgIpc) is 2.46. The molecule has 112 valence electrons. The van der Waals surface area contributed by atoms with E-state index < -0.39 is 18.8 Å². The van der Waals surface area contributed by atoms with E-state index in [9.17, 15) is 13.9 Å². The number of nitrogens with two attached hydrogens (primary N) is 1. The Morgan fingerprint density at radius 2 is 1.90 bits per heavy atom. The Morgan fingerprint density at radius 1 is 1.20 bits per heavy atom. The van der Waals surface area contributed by atoms with Crippen molar-refractivity contribution in [2.75, 3.05) is 0 Å². The van der Waals surface area contributed by atoms with Gasteiger partial charge in [-0.15, -0.1) is 0 Å². The van der Waals surface area contributed by atoms with Crippen molar-refractivity contribution in [2.45, 2.75) is 50.9 Å². The van der Waals surface area contributed by atoms with Gasteiger partial charge in [0.15, 0.2) is 0 Å². The fraction of sp³-hybridized carbons (Fsp3) is 0.600. The minimum atomic E-state index is -2.86. The average molecular weight is 285 g/mol. The fourth-order valence-electron chi connectivity index (χ4n) is 2.86. The normalized spacial score (nSPS) is 19.9. The van der Waals surface area contributed by atoms with Crippen LogP contribution in [0.1, 0.15) is 43.7 Å². The van der Waals surface area contributed by atoms with Crippen molar-refractivity contribution in [2.24, 2.45) is 11.7 Å². The summed E-state index contributed by atoms with van der Waals surface area (Å²) in [6.45, 7) is -2.86. The molecule has 0 spiro atoms. The lowest BCUT2D eigenvalue weighted by molar-refractivity contribution is -0.0499. The van der Waals surface area contributed by atoms with Crippen LogP contribution in [-0.4, -0.2) is 17.8 Å². The molecule has 5 heteroatoms. The van der Waals surface area contributed by atoms with Crippen LogP contribution in [-0.2, 0) is 0 Å². The van der Waals surface area contributed by atoms with E-state index >= 15 is 0 Å². The summed E-state index contributed by atoms with van der Waals surface area (Å²) in [5, 5.41) is 10.4. The van der Waals surface area contributed by atoms with Gasteiger partial charge < -0.3 is 15.6 Å². The van der Waals surface area contributed by atoms with Gasteiger partial charge in [-0.05, 0) is 36.5 Å². The summed E-state index contributed by atoms with van der Waals surface area (Å²) < 4.78 is 28.8. The lowest BCUT2D eigenvalue weighted by atomic mass is 9.81. The van der Waals surface area contributed by atoms with Crippen molar-refractivity contribution in [3.8, 4) is 5.75 Å². The Bertz CT molecular complexity index is 422. The van der Waals surface area contributed by atoms with Crippen LogP contribution in [0.4, 0.5) is 8.78 Å². The SMILES string of the molecule is N[C@H](c1cccc(OC(F)F)c1)[C@@H](O)C1CCCCC1. The van der Waals surface area contributed by atoms with Gasteiger partial charge in [0.1, 0.15) is 5.75 Å². The molecule has 1 aliphatic rings. The molecular weight excluding hydrogens is 264 g/mol. The van der Waals surface area contributed by atoms with E-state index in [1.54, 1.807) is 12.1 Å². The number of ether oxygens (including phenoxy) is 1. The van der Waals surface area contributed by atoms with Crippen molar-refractivity contribution in [3.63, 3.8) is 0 Å². The van der Waals surface area contributed by atoms with Crippen molar-refractivity contribution in [3.05, 3.63) is 29.8 Å². The molecule has 0 aromatic heterocycles. The molecule has 0 unspecified atom stereocenters. The number of aliphatic hydroxyl groups is 1. The van der Waals surface area contributed by atoms with E-state index in [2.05, 4.69) is 4.74 Å². The molecule has 1 saturated carbocycles. The van der Waals surface area contributed by atoms with Crippen LogP contribution in [0.5, 0.6) is 5.75 Å². The molecular formula is C15H21F2NO2. The van der Waals surface area contributed by atoms with Gasteiger partial charge in [-0.25, -0.2) is 0 Å². The molecule has 2 rings (SSSR count). The van der Waals surface area contributed by atoms with Crippen molar-refractivity contribution in [1.82, 2.24) is 0 Å². The summed E-state index contributed by atoms with van der Waals surface area (Å²) >= 11 is 0. The smallest absolute Gasteiger partial charge is 0.387 e. The van der Waals surface area contributed by atoms with E-state index in [1.807, 2.05) is 0 Å². The van der Waals surface area contributed by atoms with Gasteiger partial charge >= 0.3 is 6.61 Å². The topological polar surface area (TPSA) is 55.5 Å². The van der Waals surface area contributed by atoms with Crippen molar-refractivity contribution >= 4 is 0 Å². The molecule has 0 aliphatic heterocycles. The number of benzene rings is 1. The summed E-state index contributed by atoms with van der Waals surface area (Å²) in [5.41, 5.74) is 6.70. The van der Waals surface area contributed by atoms with Gasteiger partial charge in [-0.3, -0.25) is 0 Å². The molecule has 0 amide bonds. The third kappa shape index (κ3) is 3.90. The minimum Gasteiger partial charge on any atom is -0.435 e. The number of aliphatic hydroxyl groups excluding tert-OH is 1. The predicted octanol–water partition coefficient (Wildman–Crippen LogP) is 3.23. The van der Waals surface area contributed by atoms with Crippen LogP contribution in [0.15, 0.2) is 24.3 Å². The minimum absolute atomic E-state index is 0.0730. The summed E-state index contributed by atoms with van der Waals surface area (Å²) in [4.78, 5) is 0. The Labute approximate surface area is 117 Å². The third-order valence-corrected chi connectivity index (χ3v) is 3.97. The fourth-order valence-corrected chi connectivity index (χ4v) is 2.86. The summed E-state index contributed by atoms with van der Waals surface area (Å²) in [6, 6.07) is 5.70. The van der Waals surface area contributed by atoms with E-state index in [-0.39, 0.29) is 11.7 Å². The first-order valence-corrected chi connectivity index (χ1v) is 7.06. The molecule has 1 aromatic rings. The highest BCUT2D eigenvalue weighted by atomic mass is 19.3.